The SMILES string of the molecule is C[C@H]1CNCCN1C(=O)C1CC1c1cccc(Br)c1. The molecule has 1 heterocycles. The van der Waals surface area contributed by atoms with Gasteiger partial charge in [-0.05, 0) is 37.0 Å². The number of halogens is 1. The standard InChI is InChI=1S/C15H19BrN2O/c1-10-9-17-5-6-18(10)15(19)14-8-13(14)11-3-2-4-12(16)7-11/h2-4,7,10,13-14,17H,5-6,8-9H2,1H3/t10-,13?,14?/m0/s1. The minimum Gasteiger partial charge on any atom is -0.337 e. The summed E-state index contributed by atoms with van der Waals surface area (Å²) in [6.07, 6.45) is 1.01. The van der Waals surface area contributed by atoms with Gasteiger partial charge in [0, 0.05) is 36.1 Å². The number of hydrogen-bond acceptors (Lipinski definition) is 2. The lowest BCUT2D eigenvalue weighted by molar-refractivity contribution is -0.135. The van der Waals surface area contributed by atoms with E-state index in [0.29, 0.717) is 17.9 Å². The third kappa shape index (κ3) is 2.70. The molecule has 1 aliphatic heterocycles. The van der Waals surface area contributed by atoms with Crippen LogP contribution in [0.25, 0.3) is 0 Å². The number of carbonyl (C=O) groups is 1. The summed E-state index contributed by atoms with van der Waals surface area (Å²) >= 11 is 3.50. The maximum atomic E-state index is 12.5. The van der Waals surface area contributed by atoms with Crippen molar-refractivity contribution < 1.29 is 4.79 Å². The summed E-state index contributed by atoms with van der Waals surface area (Å²) in [5.74, 6) is 0.973. The van der Waals surface area contributed by atoms with Gasteiger partial charge in [0.1, 0.15) is 0 Å². The molecule has 0 radical (unpaired) electrons. The Morgan fingerprint density at radius 2 is 2.32 bits per heavy atom. The molecule has 4 heteroatoms. The Morgan fingerprint density at radius 3 is 3.05 bits per heavy atom. The quantitative estimate of drug-likeness (QED) is 0.906. The second-order valence-corrected chi connectivity index (χ2v) is 6.50. The van der Waals surface area contributed by atoms with Crippen molar-refractivity contribution in [2.45, 2.75) is 25.3 Å². The zero-order valence-electron chi connectivity index (χ0n) is 11.1. The minimum absolute atomic E-state index is 0.204. The van der Waals surface area contributed by atoms with Gasteiger partial charge in [-0.2, -0.15) is 0 Å². The normalized spacial score (nSPS) is 30.2. The molecule has 1 saturated carbocycles. The topological polar surface area (TPSA) is 32.3 Å². The van der Waals surface area contributed by atoms with Crippen LogP contribution in [-0.4, -0.2) is 36.5 Å². The number of rotatable bonds is 2. The van der Waals surface area contributed by atoms with E-state index in [4.69, 9.17) is 0 Å². The number of piperazine rings is 1. The van der Waals surface area contributed by atoms with Gasteiger partial charge in [0.15, 0.2) is 0 Å². The third-order valence-corrected chi connectivity index (χ3v) is 4.66. The zero-order valence-corrected chi connectivity index (χ0v) is 12.7. The van der Waals surface area contributed by atoms with Gasteiger partial charge in [0.25, 0.3) is 0 Å². The van der Waals surface area contributed by atoms with E-state index in [1.54, 1.807) is 0 Å². The average Bonchev–Trinajstić information content (AvgIpc) is 3.19. The molecule has 1 aliphatic carbocycles. The van der Waals surface area contributed by atoms with Crippen molar-refractivity contribution in [2.24, 2.45) is 5.92 Å². The monoisotopic (exact) mass is 322 g/mol. The molecule has 1 amide bonds. The first-order chi connectivity index (χ1) is 9.16. The van der Waals surface area contributed by atoms with Crippen LogP contribution in [0.3, 0.4) is 0 Å². The summed E-state index contributed by atoms with van der Waals surface area (Å²) in [5.41, 5.74) is 1.29. The highest BCUT2D eigenvalue weighted by Crippen LogP contribution is 2.49. The predicted octanol–water partition coefficient (Wildman–Crippen LogP) is 2.37. The lowest BCUT2D eigenvalue weighted by Gasteiger charge is -2.34. The average molecular weight is 323 g/mol. The molecule has 1 aromatic rings. The molecule has 0 spiro atoms. The summed E-state index contributed by atoms with van der Waals surface area (Å²) in [6, 6.07) is 8.67. The first-order valence-corrected chi connectivity index (χ1v) is 7.73. The molecule has 3 nitrogen and oxygen atoms in total. The third-order valence-electron chi connectivity index (χ3n) is 4.17. The molecule has 19 heavy (non-hydrogen) atoms. The molecule has 3 rings (SSSR count). The molecule has 1 saturated heterocycles. The highest BCUT2D eigenvalue weighted by Gasteiger charge is 2.46. The van der Waals surface area contributed by atoms with Crippen LogP contribution in [0.4, 0.5) is 0 Å². The molecular formula is C15H19BrN2O. The summed E-state index contributed by atoms with van der Waals surface area (Å²) in [7, 11) is 0. The number of nitrogens with zero attached hydrogens (tertiary/aromatic N) is 1. The molecule has 0 aromatic heterocycles. The van der Waals surface area contributed by atoms with Gasteiger partial charge in [-0.3, -0.25) is 4.79 Å². The molecule has 2 aliphatic rings. The zero-order chi connectivity index (χ0) is 13.4. The Bertz CT molecular complexity index is 491. The molecule has 1 N–H and O–H groups in total. The highest BCUT2D eigenvalue weighted by molar-refractivity contribution is 9.10. The van der Waals surface area contributed by atoms with Crippen molar-refractivity contribution in [3.05, 3.63) is 34.3 Å². The number of nitrogens with one attached hydrogen (secondary N) is 1. The Labute approximate surface area is 122 Å². The van der Waals surface area contributed by atoms with E-state index in [9.17, 15) is 4.79 Å². The lowest BCUT2D eigenvalue weighted by atomic mass is 10.1. The molecular weight excluding hydrogens is 304 g/mol. The van der Waals surface area contributed by atoms with Crippen molar-refractivity contribution in [3.63, 3.8) is 0 Å². The molecule has 2 unspecified atom stereocenters. The molecule has 1 aromatic carbocycles. The van der Waals surface area contributed by atoms with Crippen LogP contribution >= 0.6 is 15.9 Å². The summed E-state index contributed by atoms with van der Waals surface area (Å²) in [6.45, 7) is 4.81. The Balaban J connectivity index is 1.67. The number of carbonyl (C=O) groups excluding carboxylic acids is 1. The molecule has 102 valence electrons. The van der Waals surface area contributed by atoms with Gasteiger partial charge in [-0.15, -0.1) is 0 Å². The van der Waals surface area contributed by atoms with Gasteiger partial charge >= 0.3 is 0 Å². The summed E-state index contributed by atoms with van der Waals surface area (Å²) in [5, 5.41) is 3.33. The van der Waals surface area contributed by atoms with Gasteiger partial charge in [0.2, 0.25) is 5.91 Å². The van der Waals surface area contributed by atoms with Crippen LogP contribution in [-0.2, 0) is 4.79 Å². The molecule has 2 fully saturated rings. The van der Waals surface area contributed by atoms with Gasteiger partial charge in [-0.25, -0.2) is 0 Å². The number of hydrogen-bond donors (Lipinski definition) is 1. The van der Waals surface area contributed by atoms with E-state index in [1.165, 1.54) is 5.56 Å². The minimum atomic E-state index is 0.204. The van der Waals surface area contributed by atoms with Crippen LogP contribution in [0.15, 0.2) is 28.7 Å². The van der Waals surface area contributed by atoms with E-state index >= 15 is 0 Å². The number of amides is 1. The van der Waals surface area contributed by atoms with Crippen molar-refractivity contribution >= 4 is 21.8 Å². The largest absolute Gasteiger partial charge is 0.337 e. The molecule has 3 atom stereocenters. The van der Waals surface area contributed by atoms with Crippen molar-refractivity contribution in [3.8, 4) is 0 Å². The first-order valence-electron chi connectivity index (χ1n) is 6.93. The van der Waals surface area contributed by atoms with Crippen LogP contribution in [0.1, 0.15) is 24.8 Å². The van der Waals surface area contributed by atoms with E-state index in [2.05, 4.69) is 45.2 Å². The fraction of sp³-hybridized carbons (Fsp3) is 0.533. The van der Waals surface area contributed by atoms with Crippen molar-refractivity contribution in [1.82, 2.24) is 10.2 Å². The van der Waals surface area contributed by atoms with E-state index in [1.807, 2.05) is 12.1 Å². The van der Waals surface area contributed by atoms with Crippen LogP contribution in [0.2, 0.25) is 0 Å². The van der Waals surface area contributed by atoms with E-state index < -0.39 is 0 Å². The van der Waals surface area contributed by atoms with E-state index in [-0.39, 0.29) is 5.92 Å². The maximum absolute atomic E-state index is 12.5. The second-order valence-electron chi connectivity index (χ2n) is 5.59. The summed E-state index contributed by atoms with van der Waals surface area (Å²) < 4.78 is 1.10. The lowest BCUT2D eigenvalue weighted by Crippen LogP contribution is -2.52. The Morgan fingerprint density at radius 1 is 1.47 bits per heavy atom. The van der Waals surface area contributed by atoms with Crippen LogP contribution in [0, 0.1) is 5.92 Å². The van der Waals surface area contributed by atoms with Crippen molar-refractivity contribution in [1.29, 1.82) is 0 Å². The Kier molecular flexibility index (Phi) is 3.63. The van der Waals surface area contributed by atoms with Gasteiger partial charge in [0.05, 0.1) is 0 Å². The predicted molar refractivity (Wildman–Crippen MR) is 79.0 cm³/mol. The van der Waals surface area contributed by atoms with Crippen LogP contribution < -0.4 is 5.32 Å². The summed E-state index contributed by atoms with van der Waals surface area (Å²) in [4.78, 5) is 14.6. The van der Waals surface area contributed by atoms with Crippen molar-refractivity contribution in [2.75, 3.05) is 19.6 Å². The fourth-order valence-electron chi connectivity index (χ4n) is 2.95. The van der Waals surface area contributed by atoms with Crippen LogP contribution in [0.5, 0.6) is 0 Å². The molecule has 0 bridgehead atoms. The maximum Gasteiger partial charge on any atom is 0.226 e. The Hall–Kier alpha value is -0.870. The smallest absolute Gasteiger partial charge is 0.226 e. The van der Waals surface area contributed by atoms with Gasteiger partial charge < -0.3 is 10.2 Å². The number of benzene rings is 1. The van der Waals surface area contributed by atoms with E-state index in [0.717, 1.165) is 30.5 Å². The van der Waals surface area contributed by atoms with Gasteiger partial charge in [-0.1, -0.05) is 28.1 Å². The highest BCUT2D eigenvalue weighted by atomic mass is 79.9. The fourth-order valence-corrected chi connectivity index (χ4v) is 3.37. The second kappa shape index (κ2) is 5.25. The first kappa shape index (κ1) is 13.1.